The lowest BCUT2D eigenvalue weighted by Gasteiger charge is -2.17. The van der Waals surface area contributed by atoms with E-state index in [4.69, 9.17) is 9.47 Å². The van der Waals surface area contributed by atoms with Crippen LogP contribution in [-0.4, -0.2) is 28.0 Å². The second-order valence-electron chi connectivity index (χ2n) is 5.20. The summed E-state index contributed by atoms with van der Waals surface area (Å²) in [7, 11) is 1.61. The van der Waals surface area contributed by atoms with Crippen molar-refractivity contribution in [2.24, 2.45) is 0 Å². The van der Waals surface area contributed by atoms with Gasteiger partial charge in [0.2, 0.25) is 0 Å². The molecule has 0 radical (unpaired) electrons. The fraction of sp³-hybridized carbons (Fsp3) is 0.467. The highest BCUT2D eigenvalue weighted by Crippen LogP contribution is 2.23. The van der Waals surface area contributed by atoms with Gasteiger partial charge >= 0.3 is 5.69 Å². The van der Waals surface area contributed by atoms with Crippen molar-refractivity contribution in [3.05, 3.63) is 40.1 Å². The summed E-state index contributed by atoms with van der Waals surface area (Å²) in [6.45, 7) is 7.70. The van der Waals surface area contributed by atoms with Crippen LogP contribution in [0.25, 0.3) is 5.69 Å². The largest absolute Gasteiger partial charge is 0.497 e. The number of benzene rings is 1. The number of nitrogens with zero attached hydrogens (tertiary/aromatic N) is 2. The Bertz CT molecular complexity index is 673. The van der Waals surface area contributed by atoms with Crippen LogP contribution in [0.15, 0.2) is 23.0 Å². The highest BCUT2D eigenvalue weighted by molar-refractivity contribution is 5.45. The Hall–Kier alpha value is -2.08. The molecule has 21 heavy (non-hydrogen) atoms. The average molecular weight is 291 g/mol. The van der Waals surface area contributed by atoms with E-state index in [9.17, 15) is 4.79 Å². The summed E-state index contributed by atoms with van der Waals surface area (Å²) in [6.07, 6.45) is -0.234. The Morgan fingerprint density at radius 1 is 1.29 bits per heavy atom. The van der Waals surface area contributed by atoms with E-state index < -0.39 is 0 Å². The van der Waals surface area contributed by atoms with Crippen molar-refractivity contribution in [2.45, 2.75) is 39.9 Å². The standard InChI is InChI=1S/C15H21N3O3/c1-9(2)21-11(4)14-16-17-15(19)18(14)13-7-6-12(20-5)8-10(13)3/h6-9,11H,1-5H3,(H,17,19)/t11-/m0/s1. The minimum atomic E-state index is -0.287. The lowest BCUT2D eigenvalue weighted by Crippen LogP contribution is -2.20. The van der Waals surface area contributed by atoms with Gasteiger partial charge in [-0.25, -0.2) is 14.5 Å². The molecule has 0 amide bonds. The van der Waals surface area contributed by atoms with Crippen molar-refractivity contribution in [2.75, 3.05) is 7.11 Å². The second kappa shape index (κ2) is 6.13. The summed E-state index contributed by atoms with van der Waals surface area (Å²) in [5, 5.41) is 6.59. The zero-order chi connectivity index (χ0) is 15.6. The zero-order valence-electron chi connectivity index (χ0n) is 13.0. The van der Waals surface area contributed by atoms with Gasteiger partial charge in [-0.2, -0.15) is 5.10 Å². The van der Waals surface area contributed by atoms with Crippen LogP contribution in [0.2, 0.25) is 0 Å². The predicted octanol–water partition coefficient (Wildman–Crippen LogP) is 2.36. The van der Waals surface area contributed by atoms with Crippen LogP contribution in [0.3, 0.4) is 0 Å². The number of hydrogen-bond donors (Lipinski definition) is 1. The molecule has 0 fully saturated rings. The Kier molecular flexibility index (Phi) is 4.47. The van der Waals surface area contributed by atoms with Crippen LogP contribution in [0.5, 0.6) is 5.75 Å². The first kappa shape index (κ1) is 15.3. The van der Waals surface area contributed by atoms with Crippen molar-refractivity contribution in [3.63, 3.8) is 0 Å². The molecule has 2 rings (SSSR count). The molecule has 0 saturated carbocycles. The van der Waals surface area contributed by atoms with Gasteiger partial charge in [0.25, 0.3) is 0 Å². The molecule has 1 aromatic heterocycles. The van der Waals surface area contributed by atoms with Crippen LogP contribution in [0.1, 0.15) is 38.3 Å². The first-order valence-electron chi connectivity index (χ1n) is 6.91. The molecule has 0 saturated heterocycles. The van der Waals surface area contributed by atoms with E-state index in [1.54, 1.807) is 11.7 Å². The van der Waals surface area contributed by atoms with Crippen LogP contribution in [0, 0.1) is 6.92 Å². The van der Waals surface area contributed by atoms with Gasteiger partial charge in [-0.05, 0) is 51.5 Å². The quantitative estimate of drug-likeness (QED) is 0.918. The van der Waals surface area contributed by atoms with Crippen LogP contribution in [0.4, 0.5) is 0 Å². The summed E-state index contributed by atoms with van der Waals surface area (Å²) >= 11 is 0. The molecular weight excluding hydrogens is 270 g/mol. The van der Waals surface area contributed by atoms with Gasteiger partial charge in [-0.3, -0.25) is 0 Å². The van der Waals surface area contributed by atoms with Gasteiger partial charge in [0.15, 0.2) is 5.82 Å². The highest BCUT2D eigenvalue weighted by atomic mass is 16.5. The van der Waals surface area contributed by atoms with Gasteiger partial charge in [-0.15, -0.1) is 0 Å². The van der Waals surface area contributed by atoms with Gasteiger partial charge in [0.05, 0.1) is 18.9 Å². The van der Waals surface area contributed by atoms with Crippen molar-refractivity contribution in [3.8, 4) is 11.4 Å². The first-order chi connectivity index (χ1) is 9.93. The first-order valence-corrected chi connectivity index (χ1v) is 6.91. The van der Waals surface area contributed by atoms with Crippen LogP contribution < -0.4 is 10.4 Å². The third-order valence-corrected chi connectivity index (χ3v) is 3.18. The Balaban J connectivity index is 2.49. The van der Waals surface area contributed by atoms with Crippen molar-refractivity contribution >= 4 is 0 Å². The Morgan fingerprint density at radius 3 is 2.57 bits per heavy atom. The molecule has 6 heteroatoms. The van der Waals surface area contributed by atoms with Gasteiger partial charge in [0.1, 0.15) is 11.9 Å². The Labute approximate surface area is 123 Å². The molecule has 1 aromatic carbocycles. The molecule has 1 N–H and O–H groups in total. The fourth-order valence-corrected chi connectivity index (χ4v) is 2.29. The zero-order valence-corrected chi connectivity index (χ0v) is 13.0. The number of H-pyrrole nitrogens is 1. The molecule has 0 unspecified atom stereocenters. The molecule has 0 bridgehead atoms. The Morgan fingerprint density at radius 2 is 2.00 bits per heavy atom. The molecule has 0 aliphatic heterocycles. The third-order valence-electron chi connectivity index (χ3n) is 3.18. The van der Waals surface area contributed by atoms with E-state index >= 15 is 0 Å². The maximum absolute atomic E-state index is 12.1. The molecule has 1 atom stereocenters. The van der Waals surface area contributed by atoms with Crippen molar-refractivity contribution < 1.29 is 9.47 Å². The maximum atomic E-state index is 12.1. The summed E-state index contributed by atoms with van der Waals surface area (Å²) in [5.41, 5.74) is 1.41. The monoisotopic (exact) mass is 291 g/mol. The van der Waals surface area contributed by atoms with E-state index in [1.807, 2.05) is 45.9 Å². The summed E-state index contributed by atoms with van der Waals surface area (Å²) in [5.74, 6) is 1.31. The van der Waals surface area contributed by atoms with E-state index in [1.165, 1.54) is 0 Å². The molecule has 1 heterocycles. The van der Waals surface area contributed by atoms with Gasteiger partial charge < -0.3 is 9.47 Å². The number of rotatable bonds is 5. The highest BCUT2D eigenvalue weighted by Gasteiger charge is 2.19. The minimum Gasteiger partial charge on any atom is -0.497 e. The number of nitrogens with one attached hydrogen (secondary N) is 1. The summed E-state index contributed by atoms with van der Waals surface area (Å²) in [4.78, 5) is 12.1. The summed E-state index contributed by atoms with van der Waals surface area (Å²) < 4.78 is 12.5. The minimum absolute atomic E-state index is 0.0530. The number of methoxy groups -OCH3 is 1. The lowest BCUT2D eigenvalue weighted by atomic mass is 10.2. The normalized spacial score (nSPS) is 12.7. The maximum Gasteiger partial charge on any atom is 0.348 e. The number of hydrogen-bond acceptors (Lipinski definition) is 4. The molecule has 6 nitrogen and oxygen atoms in total. The van der Waals surface area contributed by atoms with Gasteiger partial charge in [0, 0.05) is 0 Å². The van der Waals surface area contributed by atoms with Gasteiger partial charge in [-0.1, -0.05) is 0 Å². The predicted molar refractivity (Wildman–Crippen MR) is 80.1 cm³/mol. The van der Waals surface area contributed by atoms with E-state index in [-0.39, 0.29) is 17.9 Å². The molecule has 114 valence electrons. The van der Waals surface area contributed by atoms with E-state index in [0.29, 0.717) is 5.82 Å². The lowest BCUT2D eigenvalue weighted by molar-refractivity contribution is 0.0118. The number of aromatic nitrogens is 3. The van der Waals surface area contributed by atoms with E-state index in [2.05, 4.69) is 10.2 Å². The van der Waals surface area contributed by atoms with E-state index in [0.717, 1.165) is 17.0 Å². The number of ether oxygens (including phenoxy) is 2. The van der Waals surface area contributed by atoms with Crippen LogP contribution >= 0.6 is 0 Å². The average Bonchev–Trinajstić information content (AvgIpc) is 2.79. The molecule has 0 spiro atoms. The molecule has 0 aliphatic rings. The summed E-state index contributed by atoms with van der Waals surface area (Å²) in [6, 6.07) is 5.54. The second-order valence-corrected chi connectivity index (χ2v) is 5.20. The smallest absolute Gasteiger partial charge is 0.348 e. The SMILES string of the molecule is COc1ccc(-n2c([C@H](C)OC(C)C)n[nH]c2=O)c(C)c1. The number of aryl methyl sites for hydroxylation is 1. The van der Waals surface area contributed by atoms with Crippen molar-refractivity contribution in [1.82, 2.24) is 14.8 Å². The molecule has 0 aliphatic carbocycles. The topological polar surface area (TPSA) is 69.1 Å². The third kappa shape index (κ3) is 3.16. The fourth-order valence-electron chi connectivity index (χ4n) is 2.29. The molecule has 2 aromatic rings. The molecular formula is C15H21N3O3. The van der Waals surface area contributed by atoms with Crippen LogP contribution in [-0.2, 0) is 4.74 Å². The van der Waals surface area contributed by atoms with Crippen molar-refractivity contribution in [1.29, 1.82) is 0 Å². The number of aromatic amines is 1.